The maximum atomic E-state index is 7.96. The third-order valence-corrected chi connectivity index (χ3v) is 5.83. The normalized spacial score (nSPS) is 15.6. The summed E-state index contributed by atoms with van der Waals surface area (Å²) in [6.07, 6.45) is 1.85. The molecular formula is C24H31N5+2. The van der Waals surface area contributed by atoms with Crippen LogP contribution in [0.4, 0.5) is 0 Å². The van der Waals surface area contributed by atoms with Crippen LogP contribution >= 0.6 is 0 Å². The van der Waals surface area contributed by atoms with E-state index in [2.05, 4.69) is 11.1 Å². The van der Waals surface area contributed by atoms with Crippen molar-refractivity contribution < 1.29 is 17.4 Å². The molecule has 4 aromatic rings. The maximum Gasteiger partial charge on any atom is 0.277 e. The molecular weight excluding hydrogens is 358 g/mol. The molecule has 150 valence electrons. The fourth-order valence-corrected chi connectivity index (χ4v) is 4.23. The second-order valence-corrected chi connectivity index (χ2v) is 7.90. The van der Waals surface area contributed by atoms with Gasteiger partial charge in [0, 0.05) is 44.7 Å². The molecule has 0 bridgehead atoms. The molecule has 0 aliphatic heterocycles. The lowest BCUT2D eigenvalue weighted by atomic mass is 10.1. The van der Waals surface area contributed by atoms with E-state index in [-0.39, 0.29) is 5.69 Å². The van der Waals surface area contributed by atoms with E-state index in [9.17, 15) is 0 Å². The summed E-state index contributed by atoms with van der Waals surface area (Å²) in [7, 11) is 5.75. The first kappa shape index (κ1) is 13.3. The lowest BCUT2D eigenvalue weighted by Gasteiger charge is -2.09. The predicted molar refractivity (Wildman–Crippen MR) is 116 cm³/mol. The monoisotopic (exact) mass is 395 g/mol. The summed E-state index contributed by atoms with van der Waals surface area (Å²) in [5.41, 5.74) is 7.12. The van der Waals surface area contributed by atoms with Crippen molar-refractivity contribution in [3.8, 4) is 22.8 Å². The Kier molecular flexibility index (Phi) is 3.00. The minimum absolute atomic E-state index is 0.107. The summed E-state index contributed by atoms with van der Waals surface area (Å²) in [5, 5.41) is 0. The first-order valence-corrected chi connectivity index (χ1v) is 9.61. The van der Waals surface area contributed by atoms with E-state index in [0.717, 1.165) is 34.0 Å². The van der Waals surface area contributed by atoms with Crippen molar-refractivity contribution in [2.75, 3.05) is 0 Å². The van der Waals surface area contributed by atoms with Crippen molar-refractivity contribution in [2.45, 2.75) is 41.4 Å². The molecule has 5 nitrogen and oxygen atoms in total. The number of pyridine rings is 2. The quantitative estimate of drug-likeness (QED) is 0.478. The van der Waals surface area contributed by atoms with Crippen molar-refractivity contribution in [1.29, 1.82) is 0 Å². The van der Waals surface area contributed by atoms with Gasteiger partial charge in [0.1, 0.15) is 19.8 Å². The second-order valence-electron chi connectivity index (χ2n) is 7.90. The average Bonchev–Trinajstić information content (AvgIpc) is 3.18. The molecule has 0 radical (unpaired) electrons. The molecule has 0 atom stereocenters. The summed E-state index contributed by atoms with van der Waals surface area (Å²) >= 11 is 0. The van der Waals surface area contributed by atoms with E-state index in [4.69, 9.17) is 8.22 Å². The Hall–Kier alpha value is -2.95. The highest BCUT2D eigenvalue weighted by atomic mass is 15.2. The second kappa shape index (κ2) is 6.55. The molecule has 0 aliphatic rings. The van der Waals surface area contributed by atoms with Gasteiger partial charge in [0.25, 0.3) is 11.4 Å². The van der Waals surface area contributed by atoms with E-state index >= 15 is 0 Å². The smallest absolute Gasteiger partial charge is 0.277 e. The number of nitrogens with zero attached hydrogens (tertiary/aromatic N) is 5. The Morgan fingerprint density at radius 2 is 1.62 bits per heavy atom. The van der Waals surface area contributed by atoms with Gasteiger partial charge in [-0.2, -0.15) is 9.13 Å². The molecule has 5 heteroatoms. The summed E-state index contributed by atoms with van der Waals surface area (Å²) in [4.78, 5) is 4.47. The highest BCUT2D eigenvalue weighted by Crippen LogP contribution is 2.28. The van der Waals surface area contributed by atoms with Crippen LogP contribution < -0.4 is 9.13 Å². The highest BCUT2D eigenvalue weighted by Gasteiger charge is 2.28. The van der Waals surface area contributed by atoms with Crippen LogP contribution in [0.15, 0.2) is 24.4 Å². The van der Waals surface area contributed by atoms with Gasteiger partial charge in [0.2, 0.25) is 11.5 Å². The van der Waals surface area contributed by atoms with E-state index in [1.54, 1.807) is 13.0 Å². The summed E-state index contributed by atoms with van der Waals surface area (Å²) < 4.78 is 55.2. The number of aryl methyl sites for hydroxylation is 8. The fraction of sp³-hybridized carbons (Fsp3) is 0.375. The number of hydrogen-bond donors (Lipinski definition) is 0. The van der Waals surface area contributed by atoms with E-state index in [1.807, 2.05) is 72.3 Å². The number of rotatable bonds is 2. The lowest BCUT2D eigenvalue weighted by Crippen LogP contribution is -2.40. The standard InChI is InChI=1S/C24H31N5/c1-14-10-21(20-12-15(2)16(3)13-26(20)7)27(8)22(11-14)23-19(6)29-18(5)17(4)25-24(29)28(23)9/h10-13H,1-9H3/q+2/i2D3,4D3. The topological polar surface area (TPSA) is 30.0 Å². The summed E-state index contributed by atoms with van der Waals surface area (Å²) in [6, 6.07) is 5.86. The SMILES string of the molecule is [2H]C([2H])([2H])c1cc(-c2cc(C)cc(-c3c(C)n4c(C)c(C([2H])([2H])[2H])nc4n3C)[n+]2C)[n+](C)cc1C. The van der Waals surface area contributed by atoms with Crippen molar-refractivity contribution in [1.82, 2.24) is 14.0 Å². The molecule has 0 aliphatic carbocycles. The Morgan fingerprint density at radius 3 is 2.28 bits per heavy atom. The average molecular weight is 396 g/mol. The zero-order valence-electron chi connectivity index (χ0n) is 24.0. The van der Waals surface area contributed by atoms with Gasteiger partial charge in [-0.05, 0) is 52.5 Å². The van der Waals surface area contributed by atoms with Crippen molar-refractivity contribution in [3.63, 3.8) is 0 Å². The molecule has 4 heterocycles. The molecule has 4 rings (SSSR count). The first-order chi connectivity index (χ1) is 16.0. The predicted octanol–water partition coefficient (Wildman–Crippen LogP) is 3.51. The van der Waals surface area contributed by atoms with Crippen LogP contribution in [0, 0.1) is 41.4 Å². The van der Waals surface area contributed by atoms with Crippen molar-refractivity contribution in [3.05, 3.63) is 58.2 Å². The Bertz CT molecular complexity index is 1490. The zero-order chi connectivity index (χ0) is 26.2. The van der Waals surface area contributed by atoms with Crippen molar-refractivity contribution in [2.24, 2.45) is 21.1 Å². The number of aromatic nitrogens is 5. The third kappa shape index (κ3) is 2.79. The van der Waals surface area contributed by atoms with E-state index in [1.165, 1.54) is 0 Å². The van der Waals surface area contributed by atoms with Crippen LogP contribution in [0.2, 0.25) is 0 Å². The van der Waals surface area contributed by atoms with E-state index in [0.29, 0.717) is 22.6 Å². The Labute approximate surface area is 181 Å². The third-order valence-electron chi connectivity index (χ3n) is 5.83. The Balaban J connectivity index is 2.01. The highest BCUT2D eigenvalue weighted by molar-refractivity contribution is 5.64. The van der Waals surface area contributed by atoms with Gasteiger partial charge < -0.3 is 4.57 Å². The Morgan fingerprint density at radius 1 is 0.897 bits per heavy atom. The molecule has 0 amide bonds. The largest absolute Gasteiger partial charge is 0.308 e. The van der Waals surface area contributed by atoms with Crippen LogP contribution in [0.25, 0.3) is 28.6 Å². The van der Waals surface area contributed by atoms with Gasteiger partial charge in [-0.3, -0.25) is 4.40 Å². The number of hydrogen-bond acceptors (Lipinski definition) is 1. The van der Waals surface area contributed by atoms with Gasteiger partial charge in [-0.25, -0.2) is 4.98 Å². The molecule has 0 saturated carbocycles. The minimum Gasteiger partial charge on any atom is -0.308 e. The van der Waals surface area contributed by atoms with Gasteiger partial charge in [-0.15, -0.1) is 0 Å². The van der Waals surface area contributed by atoms with Crippen LogP contribution in [0.1, 0.15) is 42.0 Å². The molecule has 29 heavy (non-hydrogen) atoms. The van der Waals surface area contributed by atoms with Crippen LogP contribution in [0.5, 0.6) is 0 Å². The molecule has 0 N–H and O–H groups in total. The minimum atomic E-state index is -2.29. The van der Waals surface area contributed by atoms with Gasteiger partial charge >= 0.3 is 0 Å². The summed E-state index contributed by atoms with van der Waals surface area (Å²) in [6.45, 7) is 3.06. The number of imidazole rings is 2. The molecule has 0 spiro atoms. The molecule has 0 saturated heterocycles. The number of fused-ring (bicyclic) bond motifs is 1. The van der Waals surface area contributed by atoms with E-state index < -0.39 is 13.7 Å². The maximum absolute atomic E-state index is 7.96. The fourth-order valence-electron chi connectivity index (χ4n) is 4.23. The van der Waals surface area contributed by atoms with Gasteiger partial charge in [-0.1, -0.05) is 0 Å². The summed E-state index contributed by atoms with van der Waals surface area (Å²) in [5.74, 6) is 0.565. The molecule has 4 aromatic heterocycles. The zero-order valence-corrected chi connectivity index (χ0v) is 18.0. The first-order valence-electron chi connectivity index (χ1n) is 12.6. The molecule has 0 aromatic carbocycles. The lowest BCUT2D eigenvalue weighted by molar-refractivity contribution is -0.685. The van der Waals surface area contributed by atoms with Crippen LogP contribution in [-0.4, -0.2) is 14.0 Å². The van der Waals surface area contributed by atoms with Gasteiger partial charge in [0.05, 0.1) is 11.4 Å². The molecule has 0 unspecified atom stereocenters. The van der Waals surface area contributed by atoms with Gasteiger partial charge in [0.15, 0.2) is 6.20 Å². The van der Waals surface area contributed by atoms with Crippen LogP contribution in [0.3, 0.4) is 0 Å². The molecule has 0 fully saturated rings. The van der Waals surface area contributed by atoms with Crippen molar-refractivity contribution >= 4 is 5.78 Å². The van der Waals surface area contributed by atoms with Crippen LogP contribution in [-0.2, 0) is 21.1 Å².